The minimum Gasteiger partial charge on any atom is -0.484 e. The second-order valence-electron chi connectivity index (χ2n) is 6.23. The van der Waals surface area contributed by atoms with Crippen LogP contribution in [0.25, 0.3) is 0 Å². The highest BCUT2D eigenvalue weighted by Crippen LogP contribution is 2.21. The van der Waals surface area contributed by atoms with Crippen molar-refractivity contribution in [3.63, 3.8) is 0 Å². The van der Waals surface area contributed by atoms with Crippen molar-refractivity contribution in [1.29, 1.82) is 0 Å². The lowest BCUT2D eigenvalue weighted by Crippen LogP contribution is -2.42. The quantitative estimate of drug-likeness (QED) is 0.816. The maximum absolute atomic E-state index is 12.5. The molecule has 1 amide bonds. The van der Waals surface area contributed by atoms with Gasteiger partial charge in [-0.1, -0.05) is 23.8 Å². The molecule has 0 saturated carbocycles. The number of rotatable bonds is 6. The fraction of sp³-hybridized carbons (Fsp3) is 0.316. The van der Waals surface area contributed by atoms with Gasteiger partial charge in [0, 0.05) is 19.2 Å². The lowest BCUT2D eigenvalue weighted by molar-refractivity contribution is -0.137. The number of sulfonamides is 1. The number of morpholine rings is 1. The van der Waals surface area contributed by atoms with E-state index in [1.165, 1.54) is 0 Å². The molecule has 8 heteroatoms. The zero-order valence-corrected chi connectivity index (χ0v) is 15.9. The summed E-state index contributed by atoms with van der Waals surface area (Å²) >= 11 is 0. The number of anilines is 1. The molecular weight excluding hydrogens is 368 g/mol. The highest BCUT2D eigenvalue weighted by Gasteiger charge is 2.18. The Bertz CT molecular complexity index is 891. The first kappa shape index (κ1) is 19.2. The molecule has 1 fully saturated rings. The fourth-order valence-corrected chi connectivity index (χ4v) is 3.68. The van der Waals surface area contributed by atoms with Crippen LogP contribution in [0.15, 0.2) is 53.4 Å². The van der Waals surface area contributed by atoms with Gasteiger partial charge in [0.2, 0.25) is 0 Å². The van der Waals surface area contributed by atoms with Gasteiger partial charge in [0.25, 0.3) is 15.9 Å². The molecule has 1 N–H and O–H groups in total. The predicted molar refractivity (Wildman–Crippen MR) is 101 cm³/mol. The number of aryl methyl sites for hydroxylation is 1. The minimum atomic E-state index is -3.69. The van der Waals surface area contributed by atoms with Gasteiger partial charge in [0.05, 0.1) is 23.8 Å². The predicted octanol–water partition coefficient (Wildman–Crippen LogP) is 2.03. The van der Waals surface area contributed by atoms with Crippen LogP contribution in [-0.2, 0) is 19.6 Å². The second kappa shape index (κ2) is 8.41. The average Bonchev–Trinajstić information content (AvgIpc) is 2.67. The summed E-state index contributed by atoms with van der Waals surface area (Å²) in [7, 11) is -3.69. The van der Waals surface area contributed by atoms with Crippen LogP contribution in [-0.4, -0.2) is 52.1 Å². The summed E-state index contributed by atoms with van der Waals surface area (Å²) < 4.78 is 38.2. The first-order chi connectivity index (χ1) is 12.9. The van der Waals surface area contributed by atoms with Crippen molar-refractivity contribution in [3.05, 3.63) is 54.1 Å². The van der Waals surface area contributed by atoms with E-state index >= 15 is 0 Å². The first-order valence-corrected chi connectivity index (χ1v) is 10.1. The van der Waals surface area contributed by atoms with Gasteiger partial charge in [0.1, 0.15) is 5.75 Å². The van der Waals surface area contributed by atoms with Gasteiger partial charge in [-0.25, -0.2) is 8.42 Å². The second-order valence-corrected chi connectivity index (χ2v) is 7.91. The number of carbonyl (C=O) groups is 1. The number of benzene rings is 2. The maximum Gasteiger partial charge on any atom is 0.261 e. The molecule has 1 aliphatic heterocycles. The van der Waals surface area contributed by atoms with E-state index in [9.17, 15) is 13.2 Å². The molecule has 1 saturated heterocycles. The van der Waals surface area contributed by atoms with E-state index in [1.54, 1.807) is 53.4 Å². The Kier molecular flexibility index (Phi) is 5.98. The standard InChI is InChI=1S/C19H22N2O5S/c1-15-5-7-18(8-6-15)27(23,24)20-16-3-2-4-17(13-16)26-14-19(22)21-9-11-25-12-10-21/h2-8,13,20H,9-12,14H2,1H3. The molecule has 27 heavy (non-hydrogen) atoms. The van der Waals surface area contributed by atoms with Gasteiger partial charge in [0.15, 0.2) is 6.61 Å². The summed E-state index contributed by atoms with van der Waals surface area (Å²) in [6.07, 6.45) is 0. The minimum absolute atomic E-state index is 0.103. The number of nitrogens with one attached hydrogen (secondary N) is 1. The van der Waals surface area contributed by atoms with E-state index in [1.807, 2.05) is 6.92 Å². The van der Waals surface area contributed by atoms with Crippen molar-refractivity contribution in [1.82, 2.24) is 4.90 Å². The summed E-state index contributed by atoms with van der Waals surface area (Å²) in [6.45, 7) is 3.96. The number of hydrogen-bond acceptors (Lipinski definition) is 5. The van der Waals surface area contributed by atoms with E-state index < -0.39 is 10.0 Å². The summed E-state index contributed by atoms with van der Waals surface area (Å²) in [5.74, 6) is 0.296. The highest BCUT2D eigenvalue weighted by molar-refractivity contribution is 7.92. The van der Waals surface area contributed by atoms with Crippen molar-refractivity contribution in [2.24, 2.45) is 0 Å². The Morgan fingerprint density at radius 1 is 1.15 bits per heavy atom. The summed E-state index contributed by atoms with van der Waals surface area (Å²) in [5.41, 5.74) is 1.35. The van der Waals surface area contributed by atoms with E-state index in [-0.39, 0.29) is 17.4 Å². The highest BCUT2D eigenvalue weighted by atomic mass is 32.2. The molecule has 0 atom stereocenters. The number of ether oxygens (including phenoxy) is 2. The molecule has 1 aliphatic rings. The Morgan fingerprint density at radius 2 is 1.85 bits per heavy atom. The van der Waals surface area contributed by atoms with E-state index in [0.29, 0.717) is 37.7 Å². The lowest BCUT2D eigenvalue weighted by atomic mass is 10.2. The zero-order chi connectivity index (χ0) is 19.3. The van der Waals surface area contributed by atoms with Gasteiger partial charge >= 0.3 is 0 Å². The summed E-state index contributed by atoms with van der Waals surface area (Å²) in [6, 6.07) is 13.1. The molecule has 7 nitrogen and oxygen atoms in total. The van der Waals surface area contributed by atoms with Crippen LogP contribution in [0.1, 0.15) is 5.56 Å². The van der Waals surface area contributed by atoms with Crippen LogP contribution in [0.3, 0.4) is 0 Å². The lowest BCUT2D eigenvalue weighted by Gasteiger charge is -2.26. The SMILES string of the molecule is Cc1ccc(S(=O)(=O)Nc2cccc(OCC(=O)N3CCOCC3)c2)cc1. The van der Waals surface area contributed by atoms with Gasteiger partial charge in [-0.05, 0) is 31.2 Å². The Labute approximate surface area is 158 Å². The molecule has 0 radical (unpaired) electrons. The van der Waals surface area contributed by atoms with Gasteiger partial charge in [-0.3, -0.25) is 9.52 Å². The topological polar surface area (TPSA) is 84.9 Å². The molecule has 144 valence electrons. The van der Waals surface area contributed by atoms with Crippen LogP contribution in [0, 0.1) is 6.92 Å². The Balaban J connectivity index is 1.63. The van der Waals surface area contributed by atoms with Crippen molar-refractivity contribution in [2.45, 2.75) is 11.8 Å². The molecule has 0 spiro atoms. The van der Waals surface area contributed by atoms with Crippen LogP contribution in [0.2, 0.25) is 0 Å². The third-order valence-electron chi connectivity index (χ3n) is 4.14. The van der Waals surface area contributed by atoms with Gasteiger partial charge in [-0.2, -0.15) is 0 Å². The molecule has 2 aromatic rings. The zero-order valence-electron chi connectivity index (χ0n) is 15.1. The van der Waals surface area contributed by atoms with Crippen molar-refractivity contribution in [3.8, 4) is 5.75 Å². The number of amides is 1. The normalized spacial score (nSPS) is 14.6. The van der Waals surface area contributed by atoms with Crippen molar-refractivity contribution >= 4 is 21.6 Å². The van der Waals surface area contributed by atoms with E-state index in [4.69, 9.17) is 9.47 Å². The maximum atomic E-state index is 12.5. The average molecular weight is 390 g/mol. The molecule has 0 aliphatic carbocycles. The summed E-state index contributed by atoms with van der Waals surface area (Å²) in [4.78, 5) is 14.0. The Morgan fingerprint density at radius 3 is 2.56 bits per heavy atom. The molecule has 1 heterocycles. The third-order valence-corrected chi connectivity index (χ3v) is 5.54. The van der Waals surface area contributed by atoms with E-state index in [2.05, 4.69) is 4.72 Å². The number of nitrogens with zero attached hydrogens (tertiary/aromatic N) is 1. The van der Waals surface area contributed by atoms with Gasteiger partial charge in [-0.15, -0.1) is 0 Å². The Hall–Kier alpha value is -2.58. The number of hydrogen-bond donors (Lipinski definition) is 1. The number of carbonyl (C=O) groups excluding carboxylic acids is 1. The monoisotopic (exact) mass is 390 g/mol. The molecular formula is C19H22N2O5S. The van der Waals surface area contributed by atoms with Crippen LogP contribution in [0.5, 0.6) is 5.75 Å². The molecule has 0 unspecified atom stereocenters. The smallest absolute Gasteiger partial charge is 0.261 e. The molecule has 3 rings (SSSR count). The van der Waals surface area contributed by atoms with E-state index in [0.717, 1.165) is 5.56 Å². The molecule has 0 aromatic heterocycles. The van der Waals surface area contributed by atoms with Crippen molar-refractivity contribution < 1.29 is 22.7 Å². The van der Waals surface area contributed by atoms with Crippen LogP contribution in [0.4, 0.5) is 5.69 Å². The third kappa shape index (κ3) is 5.21. The summed E-state index contributed by atoms with van der Waals surface area (Å²) in [5, 5.41) is 0. The molecule has 2 aromatic carbocycles. The van der Waals surface area contributed by atoms with Crippen LogP contribution < -0.4 is 9.46 Å². The fourth-order valence-electron chi connectivity index (χ4n) is 2.63. The molecule has 0 bridgehead atoms. The van der Waals surface area contributed by atoms with Crippen LogP contribution >= 0.6 is 0 Å². The van der Waals surface area contributed by atoms with Gasteiger partial charge < -0.3 is 14.4 Å². The van der Waals surface area contributed by atoms with Crippen molar-refractivity contribution in [2.75, 3.05) is 37.6 Å². The largest absolute Gasteiger partial charge is 0.484 e. The first-order valence-electron chi connectivity index (χ1n) is 8.62.